The third kappa shape index (κ3) is 8.83. The first-order chi connectivity index (χ1) is 13.6. The summed E-state index contributed by atoms with van der Waals surface area (Å²) in [6.45, 7) is 0. The largest absolute Gasteiger partial charge is 0.508 e. The average molecular weight is 426 g/mol. The molecule has 1 aromatic carbocycles. The van der Waals surface area contributed by atoms with Crippen LogP contribution in [0.4, 0.5) is 0 Å². The molecule has 0 aliphatic rings. The Kier molecular flexibility index (Phi) is 9.97. The Labute approximate surface area is 172 Å². The number of benzene rings is 1. The summed E-state index contributed by atoms with van der Waals surface area (Å²) < 4.78 is 0. The zero-order valence-electron chi connectivity index (χ0n) is 16.0. The number of primary amides is 1. The normalized spacial score (nSPS) is 13.7. The van der Waals surface area contributed by atoms with Gasteiger partial charge in [-0.25, -0.2) is 4.79 Å². The Bertz CT molecular complexity index is 728. The van der Waals surface area contributed by atoms with Crippen LogP contribution in [0, 0.1) is 0 Å². The van der Waals surface area contributed by atoms with Gasteiger partial charge in [-0.15, -0.1) is 0 Å². The molecule has 8 N–H and O–H groups in total. The van der Waals surface area contributed by atoms with E-state index < -0.39 is 48.2 Å². The third-order valence-electron chi connectivity index (χ3n) is 4.00. The van der Waals surface area contributed by atoms with E-state index in [0.29, 0.717) is 17.7 Å². The van der Waals surface area contributed by atoms with Crippen molar-refractivity contribution in [1.82, 2.24) is 10.6 Å². The summed E-state index contributed by atoms with van der Waals surface area (Å²) in [5, 5.41) is 23.4. The van der Waals surface area contributed by atoms with E-state index in [-0.39, 0.29) is 12.2 Å². The van der Waals surface area contributed by atoms with Gasteiger partial charge in [0.15, 0.2) is 0 Å². The van der Waals surface area contributed by atoms with Gasteiger partial charge in [0.2, 0.25) is 17.7 Å². The zero-order valence-corrected chi connectivity index (χ0v) is 16.8. The standard InChI is InChI=1S/C18H26N4O6S/c1-29-7-6-12(19)16(25)21-13(9-15(20)24)17(26)22-14(18(27)28)8-10-2-4-11(23)5-3-10/h2-5,12-14,23H,6-9,19H2,1H3,(H2,20,24)(H,21,25)(H,22,26)(H,27,28). The fourth-order valence-electron chi connectivity index (χ4n) is 2.41. The number of phenolic OH excluding ortho intramolecular Hbond substituents is 1. The molecule has 1 aromatic rings. The number of nitrogens with one attached hydrogen (secondary N) is 2. The molecule has 3 unspecified atom stereocenters. The van der Waals surface area contributed by atoms with Crippen molar-refractivity contribution >= 4 is 35.5 Å². The molecule has 1 rings (SSSR count). The molecule has 0 radical (unpaired) electrons. The number of nitrogens with two attached hydrogens (primary N) is 2. The van der Waals surface area contributed by atoms with Crippen LogP contribution < -0.4 is 22.1 Å². The maximum atomic E-state index is 12.5. The van der Waals surface area contributed by atoms with Crippen molar-refractivity contribution < 1.29 is 29.4 Å². The van der Waals surface area contributed by atoms with Crippen LogP contribution in [0.1, 0.15) is 18.4 Å². The predicted molar refractivity (Wildman–Crippen MR) is 108 cm³/mol. The molecule has 10 nitrogen and oxygen atoms in total. The summed E-state index contributed by atoms with van der Waals surface area (Å²) in [4.78, 5) is 47.5. The minimum Gasteiger partial charge on any atom is -0.508 e. The van der Waals surface area contributed by atoms with Crippen LogP contribution in [0.3, 0.4) is 0 Å². The van der Waals surface area contributed by atoms with E-state index in [0.717, 1.165) is 0 Å². The third-order valence-corrected chi connectivity index (χ3v) is 4.64. The highest BCUT2D eigenvalue weighted by atomic mass is 32.2. The summed E-state index contributed by atoms with van der Waals surface area (Å²) in [6, 6.07) is 2.28. The summed E-state index contributed by atoms with van der Waals surface area (Å²) in [7, 11) is 0. The Balaban J connectivity index is 2.84. The molecule has 0 aliphatic carbocycles. The van der Waals surface area contributed by atoms with Crippen molar-refractivity contribution in [3.8, 4) is 5.75 Å². The number of thioether (sulfide) groups is 1. The van der Waals surface area contributed by atoms with Gasteiger partial charge in [0.1, 0.15) is 17.8 Å². The van der Waals surface area contributed by atoms with Crippen LogP contribution in [0.2, 0.25) is 0 Å². The number of hydrogen-bond acceptors (Lipinski definition) is 7. The Morgan fingerprint density at radius 1 is 1.07 bits per heavy atom. The van der Waals surface area contributed by atoms with E-state index in [9.17, 15) is 29.4 Å². The number of carboxylic acid groups (broad SMARTS) is 1. The van der Waals surface area contributed by atoms with E-state index in [1.54, 1.807) is 0 Å². The SMILES string of the molecule is CSCCC(N)C(=O)NC(CC(N)=O)C(=O)NC(Cc1ccc(O)cc1)C(=O)O. The van der Waals surface area contributed by atoms with Gasteiger partial charge in [0.05, 0.1) is 12.5 Å². The number of carboxylic acids is 1. The number of carbonyl (C=O) groups is 4. The van der Waals surface area contributed by atoms with Crippen molar-refractivity contribution in [2.45, 2.75) is 37.4 Å². The number of aromatic hydroxyl groups is 1. The van der Waals surface area contributed by atoms with Crippen LogP contribution in [0.25, 0.3) is 0 Å². The first-order valence-electron chi connectivity index (χ1n) is 8.78. The van der Waals surface area contributed by atoms with Gasteiger partial charge in [-0.1, -0.05) is 12.1 Å². The fourth-order valence-corrected chi connectivity index (χ4v) is 2.89. The van der Waals surface area contributed by atoms with Crippen LogP contribution in [0.15, 0.2) is 24.3 Å². The molecule has 0 spiro atoms. The smallest absolute Gasteiger partial charge is 0.326 e. The van der Waals surface area contributed by atoms with Crippen LogP contribution in [0.5, 0.6) is 5.75 Å². The molecule has 3 amide bonds. The summed E-state index contributed by atoms with van der Waals surface area (Å²) in [5.41, 5.74) is 11.5. The van der Waals surface area contributed by atoms with Gasteiger partial charge in [0, 0.05) is 6.42 Å². The van der Waals surface area contributed by atoms with E-state index in [1.165, 1.54) is 36.0 Å². The van der Waals surface area contributed by atoms with Gasteiger partial charge in [-0.05, 0) is 36.1 Å². The van der Waals surface area contributed by atoms with E-state index >= 15 is 0 Å². The maximum Gasteiger partial charge on any atom is 0.326 e. The Morgan fingerprint density at radius 3 is 2.17 bits per heavy atom. The quantitative estimate of drug-likeness (QED) is 0.244. The summed E-state index contributed by atoms with van der Waals surface area (Å²) >= 11 is 1.50. The topological polar surface area (TPSA) is 185 Å². The molecule has 0 aliphatic heterocycles. The average Bonchev–Trinajstić information content (AvgIpc) is 2.65. The van der Waals surface area contributed by atoms with Gasteiger partial charge in [-0.2, -0.15) is 11.8 Å². The molecular formula is C18H26N4O6S. The van der Waals surface area contributed by atoms with Crippen LogP contribution in [-0.2, 0) is 25.6 Å². The summed E-state index contributed by atoms with van der Waals surface area (Å²) in [5.74, 6) is -2.98. The maximum absolute atomic E-state index is 12.5. The second-order valence-corrected chi connectivity index (χ2v) is 7.38. The lowest BCUT2D eigenvalue weighted by atomic mass is 10.0. The van der Waals surface area contributed by atoms with Crippen molar-refractivity contribution in [1.29, 1.82) is 0 Å². The van der Waals surface area contributed by atoms with Gasteiger partial charge >= 0.3 is 5.97 Å². The van der Waals surface area contributed by atoms with Crippen molar-refractivity contribution in [3.05, 3.63) is 29.8 Å². The zero-order chi connectivity index (χ0) is 22.0. The van der Waals surface area contributed by atoms with E-state index in [2.05, 4.69) is 10.6 Å². The number of carbonyl (C=O) groups excluding carboxylic acids is 3. The molecule has 0 saturated heterocycles. The lowest BCUT2D eigenvalue weighted by Crippen LogP contribution is -2.55. The minimum atomic E-state index is -1.35. The number of hydrogen-bond donors (Lipinski definition) is 6. The lowest BCUT2D eigenvalue weighted by Gasteiger charge is -2.22. The van der Waals surface area contributed by atoms with Crippen LogP contribution >= 0.6 is 11.8 Å². The molecule has 11 heteroatoms. The number of aliphatic carboxylic acids is 1. The molecule has 29 heavy (non-hydrogen) atoms. The number of amides is 3. The van der Waals surface area contributed by atoms with E-state index in [1.807, 2.05) is 6.26 Å². The first kappa shape index (κ1) is 24.2. The molecule has 160 valence electrons. The number of rotatable bonds is 12. The Morgan fingerprint density at radius 2 is 1.66 bits per heavy atom. The molecule has 3 atom stereocenters. The lowest BCUT2D eigenvalue weighted by molar-refractivity contribution is -0.142. The van der Waals surface area contributed by atoms with Crippen molar-refractivity contribution in [2.75, 3.05) is 12.0 Å². The molecule has 0 saturated carbocycles. The fraction of sp³-hybridized carbons (Fsp3) is 0.444. The second-order valence-electron chi connectivity index (χ2n) is 6.39. The number of phenols is 1. The molecule has 0 bridgehead atoms. The van der Waals surface area contributed by atoms with Crippen molar-refractivity contribution in [3.63, 3.8) is 0 Å². The van der Waals surface area contributed by atoms with E-state index in [4.69, 9.17) is 11.5 Å². The first-order valence-corrected chi connectivity index (χ1v) is 10.2. The summed E-state index contributed by atoms with van der Waals surface area (Å²) in [6.07, 6.45) is 1.66. The monoisotopic (exact) mass is 426 g/mol. The van der Waals surface area contributed by atoms with Crippen molar-refractivity contribution in [2.24, 2.45) is 11.5 Å². The van der Waals surface area contributed by atoms with Gasteiger partial charge in [-0.3, -0.25) is 14.4 Å². The highest BCUT2D eigenvalue weighted by Crippen LogP contribution is 2.12. The van der Waals surface area contributed by atoms with Gasteiger partial charge < -0.3 is 32.3 Å². The molecular weight excluding hydrogens is 400 g/mol. The van der Waals surface area contributed by atoms with Gasteiger partial charge in [0.25, 0.3) is 0 Å². The minimum absolute atomic E-state index is 0.0201. The highest BCUT2D eigenvalue weighted by Gasteiger charge is 2.29. The Hall–Kier alpha value is -2.79. The highest BCUT2D eigenvalue weighted by molar-refractivity contribution is 7.98. The van der Waals surface area contributed by atoms with Crippen LogP contribution in [-0.4, -0.2) is 64.0 Å². The molecule has 0 heterocycles. The molecule has 0 fully saturated rings. The molecule has 0 aromatic heterocycles. The predicted octanol–water partition coefficient (Wildman–Crippen LogP) is -1.06. The second kappa shape index (κ2) is 11.9.